The third-order valence-electron chi connectivity index (χ3n) is 4.26. The summed E-state index contributed by atoms with van der Waals surface area (Å²) in [6.07, 6.45) is 1.42. The maximum atomic E-state index is 12.5. The highest BCUT2D eigenvalue weighted by Crippen LogP contribution is 2.26. The minimum Gasteiger partial charge on any atom is -0.480 e. The minimum atomic E-state index is -0.849. The van der Waals surface area contributed by atoms with Crippen LogP contribution >= 0.6 is 11.3 Å². The lowest BCUT2D eigenvalue weighted by Gasteiger charge is -2.23. The molecule has 1 fully saturated rings. The van der Waals surface area contributed by atoms with Crippen LogP contribution in [0.2, 0.25) is 0 Å². The predicted octanol–water partition coefficient (Wildman–Crippen LogP) is 2.50. The molecule has 1 aliphatic rings. The molecule has 0 aliphatic carbocycles. The fourth-order valence-corrected chi connectivity index (χ4v) is 3.91. The fourth-order valence-electron chi connectivity index (χ4n) is 3.11. The molecule has 5 nitrogen and oxygen atoms in total. The van der Waals surface area contributed by atoms with E-state index in [1.54, 1.807) is 16.2 Å². The summed E-state index contributed by atoms with van der Waals surface area (Å²) in [6.45, 7) is 0.769. The number of thiophene rings is 1. The topological polar surface area (TPSA) is 69.6 Å². The van der Waals surface area contributed by atoms with Crippen molar-refractivity contribution >= 4 is 23.2 Å². The molecule has 2 heterocycles. The molecular formula is C18H20N2O3S. The van der Waals surface area contributed by atoms with Gasteiger partial charge in [-0.1, -0.05) is 36.4 Å². The van der Waals surface area contributed by atoms with Crippen LogP contribution < -0.4 is 5.32 Å². The number of aliphatic carboxylic acids is 1. The summed E-state index contributed by atoms with van der Waals surface area (Å²) in [5, 5.41) is 14.3. The molecule has 0 bridgehead atoms. The number of likely N-dealkylation sites (tertiary alicyclic amines) is 1. The Bertz CT molecular complexity index is 688. The second-order valence-electron chi connectivity index (χ2n) is 5.89. The number of nitrogens with one attached hydrogen (secondary N) is 1. The van der Waals surface area contributed by atoms with Gasteiger partial charge in [0.25, 0.3) is 0 Å². The molecule has 2 unspecified atom stereocenters. The average molecular weight is 344 g/mol. The number of rotatable bonds is 6. The molecular weight excluding hydrogens is 324 g/mol. The standard InChI is InChI=1S/C18H20N2O3S/c21-16(12-20-10-4-8-14(20)18(22)23)19-17(15-9-5-11-24-15)13-6-2-1-3-7-13/h1-3,5-7,9,11,14,17H,4,8,10,12H2,(H,19,21)(H,22,23). The Kier molecular flexibility index (Phi) is 5.27. The number of nitrogens with zero attached hydrogens (tertiary/aromatic N) is 1. The third kappa shape index (κ3) is 3.83. The van der Waals surface area contributed by atoms with Gasteiger partial charge in [0.2, 0.25) is 5.91 Å². The number of hydrogen-bond acceptors (Lipinski definition) is 4. The van der Waals surface area contributed by atoms with Crippen LogP contribution in [0.4, 0.5) is 0 Å². The monoisotopic (exact) mass is 344 g/mol. The Morgan fingerprint density at radius 1 is 1.25 bits per heavy atom. The number of amides is 1. The van der Waals surface area contributed by atoms with Gasteiger partial charge in [-0.3, -0.25) is 14.5 Å². The van der Waals surface area contributed by atoms with E-state index in [0.717, 1.165) is 16.9 Å². The second kappa shape index (κ2) is 7.59. The van der Waals surface area contributed by atoms with Crippen molar-refractivity contribution in [2.45, 2.75) is 24.9 Å². The second-order valence-corrected chi connectivity index (χ2v) is 6.87. The first-order valence-corrected chi connectivity index (χ1v) is 8.87. The first-order chi connectivity index (χ1) is 11.6. The summed E-state index contributed by atoms with van der Waals surface area (Å²) in [4.78, 5) is 26.6. The van der Waals surface area contributed by atoms with Crippen LogP contribution in [0.15, 0.2) is 47.8 Å². The van der Waals surface area contributed by atoms with Crippen LogP contribution in [0, 0.1) is 0 Å². The first kappa shape index (κ1) is 16.7. The van der Waals surface area contributed by atoms with Gasteiger partial charge in [0.05, 0.1) is 12.6 Å². The first-order valence-electron chi connectivity index (χ1n) is 7.99. The Balaban J connectivity index is 1.71. The van der Waals surface area contributed by atoms with Gasteiger partial charge >= 0.3 is 5.97 Å². The lowest BCUT2D eigenvalue weighted by Crippen LogP contribution is -2.43. The average Bonchev–Trinajstić information content (AvgIpc) is 3.25. The van der Waals surface area contributed by atoms with Crippen molar-refractivity contribution in [3.05, 3.63) is 58.3 Å². The van der Waals surface area contributed by atoms with E-state index in [4.69, 9.17) is 0 Å². The zero-order chi connectivity index (χ0) is 16.9. The fraction of sp³-hybridized carbons (Fsp3) is 0.333. The third-order valence-corrected chi connectivity index (χ3v) is 5.20. The smallest absolute Gasteiger partial charge is 0.320 e. The molecule has 0 radical (unpaired) electrons. The highest BCUT2D eigenvalue weighted by atomic mass is 32.1. The summed E-state index contributed by atoms with van der Waals surface area (Å²) in [6, 6.07) is 13.0. The number of carbonyl (C=O) groups is 2. The number of carbonyl (C=O) groups excluding carboxylic acids is 1. The van der Waals surface area contributed by atoms with Crippen LogP contribution in [0.1, 0.15) is 29.3 Å². The molecule has 1 saturated heterocycles. The molecule has 1 amide bonds. The molecule has 1 aromatic heterocycles. The molecule has 2 N–H and O–H groups in total. The summed E-state index contributed by atoms with van der Waals surface area (Å²) in [7, 11) is 0. The van der Waals surface area contributed by atoms with E-state index in [1.807, 2.05) is 47.8 Å². The Labute approximate surface area is 144 Å². The molecule has 2 aromatic rings. The minimum absolute atomic E-state index is 0.117. The van der Waals surface area contributed by atoms with Crippen LogP contribution in [0.3, 0.4) is 0 Å². The van der Waals surface area contributed by atoms with Gasteiger partial charge in [-0.05, 0) is 36.4 Å². The zero-order valence-corrected chi connectivity index (χ0v) is 14.0. The van der Waals surface area contributed by atoms with Gasteiger partial charge < -0.3 is 10.4 Å². The lowest BCUT2D eigenvalue weighted by atomic mass is 10.1. The van der Waals surface area contributed by atoms with Crippen molar-refractivity contribution in [3.8, 4) is 0 Å². The van der Waals surface area contributed by atoms with E-state index < -0.39 is 12.0 Å². The molecule has 1 aromatic carbocycles. The Hall–Kier alpha value is -2.18. The van der Waals surface area contributed by atoms with Gasteiger partial charge in [-0.25, -0.2) is 0 Å². The van der Waals surface area contributed by atoms with E-state index in [2.05, 4.69) is 5.32 Å². The SMILES string of the molecule is O=C(CN1CCCC1C(=O)O)NC(c1ccccc1)c1cccs1. The van der Waals surface area contributed by atoms with E-state index in [1.165, 1.54) is 0 Å². The number of carboxylic acids is 1. The van der Waals surface area contributed by atoms with Crippen LogP contribution in [-0.2, 0) is 9.59 Å². The maximum absolute atomic E-state index is 12.5. The van der Waals surface area contributed by atoms with Crippen LogP contribution in [0.5, 0.6) is 0 Å². The van der Waals surface area contributed by atoms with Gasteiger partial charge in [0.1, 0.15) is 6.04 Å². The quantitative estimate of drug-likeness (QED) is 0.845. The van der Waals surface area contributed by atoms with Crippen molar-refractivity contribution in [1.82, 2.24) is 10.2 Å². The summed E-state index contributed by atoms with van der Waals surface area (Å²) >= 11 is 1.59. The van der Waals surface area contributed by atoms with Crippen LogP contribution in [0.25, 0.3) is 0 Å². The highest BCUT2D eigenvalue weighted by Gasteiger charge is 2.32. The van der Waals surface area contributed by atoms with E-state index in [9.17, 15) is 14.7 Å². The molecule has 3 rings (SSSR count). The molecule has 126 valence electrons. The molecule has 0 saturated carbocycles. The summed E-state index contributed by atoms with van der Waals surface area (Å²) < 4.78 is 0. The molecule has 1 aliphatic heterocycles. The van der Waals surface area contributed by atoms with Crippen molar-refractivity contribution in [2.75, 3.05) is 13.1 Å². The van der Waals surface area contributed by atoms with E-state index in [0.29, 0.717) is 13.0 Å². The number of hydrogen-bond donors (Lipinski definition) is 2. The normalized spacial score (nSPS) is 19.1. The molecule has 24 heavy (non-hydrogen) atoms. The number of benzene rings is 1. The van der Waals surface area contributed by atoms with Crippen molar-refractivity contribution in [2.24, 2.45) is 0 Å². The predicted molar refractivity (Wildman–Crippen MR) is 93.0 cm³/mol. The summed E-state index contributed by atoms with van der Waals surface area (Å²) in [5.74, 6) is -0.997. The van der Waals surface area contributed by atoms with Crippen LogP contribution in [-0.4, -0.2) is 41.0 Å². The summed E-state index contributed by atoms with van der Waals surface area (Å²) in [5.41, 5.74) is 1.02. The van der Waals surface area contributed by atoms with Gasteiger partial charge in [0.15, 0.2) is 0 Å². The zero-order valence-electron chi connectivity index (χ0n) is 13.2. The van der Waals surface area contributed by atoms with Crippen molar-refractivity contribution in [1.29, 1.82) is 0 Å². The van der Waals surface area contributed by atoms with E-state index in [-0.39, 0.29) is 18.5 Å². The largest absolute Gasteiger partial charge is 0.480 e. The van der Waals surface area contributed by atoms with Gasteiger partial charge in [-0.15, -0.1) is 11.3 Å². The van der Waals surface area contributed by atoms with Crippen molar-refractivity contribution in [3.63, 3.8) is 0 Å². The van der Waals surface area contributed by atoms with Gasteiger partial charge in [-0.2, -0.15) is 0 Å². The number of carboxylic acid groups (broad SMARTS) is 1. The van der Waals surface area contributed by atoms with Gasteiger partial charge in [0, 0.05) is 4.88 Å². The molecule has 2 atom stereocenters. The van der Waals surface area contributed by atoms with Crippen molar-refractivity contribution < 1.29 is 14.7 Å². The highest BCUT2D eigenvalue weighted by molar-refractivity contribution is 7.10. The maximum Gasteiger partial charge on any atom is 0.320 e. The Morgan fingerprint density at radius 3 is 2.71 bits per heavy atom. The lowest BCUT2D eigenvalue weighted by molar-refractivity contribution is -0.142. The Morgan fingerprint density at radius 2 is 2.04 bits per heavy atom. The molecule has 6 heteroatoms. The molecule has 0 spiro atoms. The van der Waals surface area contributed by atoms with E-state index >= 15 is 0 Å².